The molecule has 0 saturated carbocycles. The van der Waals surface area contributed by atoms with Gasteiger partial charge in [0.15, 0.2) is 5.78 Å². The number of nitriles is 1. The maximum absolute atomic E-state index is 11.9. The molecule has 1 aliphatic rings. The van der Waals surface area contributed by atoms with E-state index in [2.05, 4.69) is 0 Å². The summed E-state index contributed by atoms with van der Waals surface area (Å²) >= 11 is 5.54. The normalized spacial score (nSPS) is 22.1. The van der Waals surface area contributed by atoms with Crippen LogP contribution in [0.25, 0.3) is 0 Å². The third-order valence-electron chi connectivity index (χ3n) is 3.13. The van der Waals surface area contributed by atoms with E-state index in [4.69, 9.17) is 22.6 Å². The first kappa shape index (κ1) is 15.4. The van der Waals surface area contributed by atoms with Crippen molar-refractivity contribution in [1.82, 2.24) is 4.90 Å². The average molecular weight is 282 g/mol. The van der Waals surface area contributed by atoms with Gasteiger partial charge in [-0.25, -0.2) is 0 Å². The number of nitrogens with two attached hydrogens (primary N) is 1. The average Bonchev–Trinajstić information content (AvgIpc) is 2.38. The molecule has 0 spiro atoms. The second-order valence-electron chi connectivity index (χ2n) is 4.47. The largest absolute Gasteiger partial charge is 0.315 e. The van der Waals surface area contributed by atoms with E-state index in [0.29, 0.717) is 11.3 Å². The molecular weight excluding hydrogens is 266 g/mol. The summed E-state index contributed by atoms with van der Waals surface area (Å²) in [5.41, 5.74) is 5.61. The van der Waals surface area contributed by atoms with Crippen molar-refractivity contribution in [2.24, 2.45) is 5.73 Å². The molecular formula is C13H16ClN3O2. The Labute approximate surface area is 117 Å². The molecule has 1 atom stereocenters. The topological polar surface area (TPSA) is 87.2 Å². The second-order valence-corrected chi connectivity index (χ2v) is 4.84. The lowest BCUT2D eigenvalue weighted by Gasteiger charge is -2.30. The number of ketones is 1. The molecule has 0 aromatic rings. The van der Waals surface area contributed by atoms with Crippen molar-refractivity contribution in [1.29, 1.82) is 5.26 Å². The zero-order valence-corrected chi connectivity index (χ0v) is 11.7. The second kappa shape index (κ2) is 6.00. The molecule has 6 heteroatoms. The van der Waals surface area contributed by atoms with Crippen molar-refractivity contribution in [3.8, 4) is 6.07 Å². The quantitative estimate of drug-likeness (QED) is 0.782. The highest BCUT2D eigenvalue weighted by Crippen LogP contribution is 2.28. The van der Waals surface area contributed by atoms with Crippen molar-refractivity contribution < 1.29 is 9.59 Å². The van der Waals surface area contributed by atoms with E-state index in [1.807, 2.05) is 6.07 Å². The number of carbonyl (C=O) groups is 2. The molecule has 1 amide bonds. The van der Waals surface area contributed by atoms with Crippen LogP contribution in [0.2, 0.25) is 0 Å². The first-order valence-corrected chi connectivity index (χ1v) is 6.34. The summed E-state index contributed by atoms with van der Waals surface area (Å²) in [6, 6.07) is 2.01. The minimum absolute atomic E-state index is 0.0860. The summed E-state index contributed by atoms with van der Waals surface area (Å²) in [5.74, 6) is -0.211. The minimum atomic E-state index is -1.21. The van der Waals surface area contributed by atoms with Gasteiger partial charge in [-0.05, 0) is 6.08 Å². The number of hydrogen-bond donors (Lipinski definition) is 1. The number of carbonyl (C=O) groups excluding carboxylic acids is 2. The summed E-state index contributed by atoms with van der Waals surface area (Å²) in [7, 11) is 1.57. The van der Waals surface area contributed by atoms with E-state index in [-0.39, 0.29) is 30.4 Å². The third-order valence-corrected chi connectivity index (χ3v) is 3.32. The molecule has 0 radical (unpaired) electrons. The van der Waals surface area contributed by atoms with Crippen LogP contribution in [0.3, 0.4) is 0 Å². The number of alkyl halides is 1. The van der Waals surface area contributed by atoms with Crippen LogP contribution in [0.1, 0.15) is 19.8 Å². The van der Waals surface area contributed by atoms with E-state index >= 15 is 0 Å². The van der Waals surface area contributed by atoms with Gasteiger partial charge in [0.05, 0.1) is 22.9 Å². The Morgan fingerprint density at radius 2 is 2.26 bits per heavy atom. The Morgan fingerprint density at radius 1 is 1.63 bits per heavy atom. The van der Waals surface area contributed by atoms with Gasteiger partial charge >= 0.3 is 0 Å². The van der Waals surface area contributed by atoms with Crippen molar-refractivity contribution >= 4 is 23.3 Å². The lowest BCUT2D eigenvalue weighted by molar-refractivity contribution is -0.125. The van der Waals surface area contributed by atoms with Crippen LogP contribution in [-0.4, -0.2) is 35.1 Å². The van der Waals surface area contributed by atoms with Gasteiger partial charge in [-0.1, -0.05) is 6.08 Å². The van der Waals surface area contributed by atoms with Gasteiger partial charge in [0.25, 0.3) is 0 Å². The number of halogens is 1. The maximum Gasteiger partial charge on any atom is 0.223 e. The molecule has 0 heterocycles. The zero-order valence-electron chi connectivity index (χ0n) is 10.9. The predicted octanol–water partition coefficient (Wildman–Crippen LogP) is 1.10. The van der Waals surface area contributed by atoms with Crippen LogP contribution in [0.4, 0.5) is 0 Å². The first-order chi connectivity index (χ1) is 8.85. The third kappa shape index (κ3) is 3.22. The molecule has 5 nitrogen and oxygen atoms in total. The SMILES string of the molecule is CC(=O)N(C)C1=C(C#N)CC(N)(C(=O)CCCl)C=C1. The van der Waals surface area contributed by atoms with E-state index in [1.54, 1.807) is 13.1 Å². The number of allylic oxidation sites excluding steroid dienone is 1. The monoisotopic (exact) mass is 281 g/mol. The molecule has 0 fully saturated rings. The van der Waals surface area contributed by atoms with Crippen LogP contribution < -0.4 is 5.73 Å². The fourth-order valence-corrected chi connectivity index (χ4v) is 2.03. The number of hydrogen-bond acceptors (Lipinski definition) is 4. The van der Waals surface area contributed by atoms with Crippen molar-refractivity contribution in [3.05, 3.63) is 23.4 Å². The standard InChI is InChI=1S/C13H16ClN3O2/c1-9(18)17(2)11-3-5-13(16,7-10(11)8-15)12(19)4-6-14/h3,5H,4,6-7,16H2,1-2H3. The fraction of sp³-hybridized carbons (Fsp3) is 0.462. The summed E-state index contributed by atoms with van der Waals surface area (Å²) in [4.78, 5) is 24.6. The van der Waals surface area contributed by atoms with Crippen LogP contribution >= 0.6 is 11.6 Å². The van der Waals surface area contributed by atoms with Gasteiger partial charge in [-0.2, -0.15) is 5.26 Å². The van der Waals surface area contributed by atoms with Crippen molar-refractivity contribution in [2.45, 2.75) is 25.3 Å². The van der Waals surface area contributed by atoms with Gasteiger partial charge in [0, 0.05) is 32.7 Å². The summed E-state index contributed by atoms with van der Waals surface area (Å²) in [6.45, 7) is 1.40. The zero-order chi connectivity index (χ0) is 14.6. The molecule has 0 bridgehead atoms. The fourth-order valence-electron chi connectivity index (χ4n) is 1.86. The number of Topliss-reactive ketones (excluding diaryl/α,β-unsaturated/α-hetero) is 1. The Morgan fingerprint density at radius 3 is 2.74 bits per heavy atom. The molecule has 0 aromatic carbocycles. The molecule has 0 saturated heterocycles. The van der Waals surface area contributed by atoms with Crippen molar-refractivity contribution in [3.63, 3.8) is 0 Å². The molecule has 0 aromatic heterocycles. The summed E-state index contributed by atoms with van der Waals surface area (Å²) in [5, 5.41) is 9.16. The Bertz CT molecular complexity index is 505. The molecule has 1 rings (SSSR count). The molecule has 102 valence electrons. The number of likely N-dealkylation sites (N-methyl/N-ethyl adjacent to an activating group) is 1. The van der Waals surface area contributed by atoms with Gasteiger partial charge in [-0.15, -0.1) is 11.6 Å². The first-order valence-electron chi connectivity index (χ1n) is 5.80. The van der Waals surface area contributed by atoms with E-state index in [9.17, 15) is 9.59 Å². The summed E-state index contributed by atoms with van der Waals surface area (Å²) < 4.78 is 0. The Balaban J connectivity index is 3.07. The number of rotatable bonds is 4. The van der Waals surface area contributed by atoms with Crippen LogP contribution in [-0.2, 0) is 9.59 Å². The van der Waals surface area contributed by atoms with Crippen LogP contribution in [0.5, 0.6) is 0 Å². The van der Waals surface area contributed by atoms with E-state index < -0.39 is 5.54 Å². The van der Waals surface area contributed by atoms with Gasteiger partial charge in [-0.3, -0.25) is 9.59 Å². The molecule has 1 aliphatic carbocycles. The minimum Gasteiger partial charge on any atom is -0.315 e. The molecule has 19 heavy (non-hydrogen) atoms. The Kier molecular flexibility index (Phi) is 4.87. The lowest BCUT2D eigenvalue weighted by Crippen LogP contribution is -2.48. The molecule has 2 N–H and O–H groups in total. The predicted molar refractivity (Wildman–Crippen MR) is 72.1 cm³/mol. The number of amides is 1. The maximum atomic E-state index is 11.9. The lowest BCUT2D eigenvalue weighted by atomic mass is 9.82. The molecule has 0 aliphatic heterocycles. The van der Waals surface area contributed by atoms with E-state index in [0.717, 1.165) is 0 Å². The van der Waals surface area contributed by atoms with Gasteiger partial charge in [0.2, 0.25) is 5.91 Å². The highest BCUT2D eigenvalue weighted by atomic mass is 35.5. The smallest absolute Gasteiger partial charge is 0.223 e. The van der Waals surface area contributed by atoms with Crippen molar-refractivity contribution in [2.75, 3.05) is 12.9 Å². The Hall–Kier alpha value is -1.64. The van der Waals surface area contributed by atoms with Gasteiger partial charge in [0.1, 0.15) is 0 Å². The highest BCUT2D eigenvalue weighted by molar-refractivity contribution is 6.19. The van der Waals surface area contributed by atoms with Gasteiger partial charge < -0.3 is 10.6 Å². The van der Waals surface area contributed by atoms with Crippen LogP contribution in [0, 0.1) is 11.3 Å². The van der Waals surface area contributed by atoms with E-state index in [1.165, 1.54) is 17.9 Å². The summed E-state index contributed by atoms with van der Waals surface area (Å²) in [6.07, 6.45) is 3.33. The van der Waals surface area contributed by atoms with Crippen LogP contribution in [0.15, 0.2) is 23.4 Å². The number of nitrogens with zero attached hydrogens (tertiary/aromatic N) is 2. The highest BCUT2D eigenvalue weighted by Gasteiger charge is 2.35. The molecule has 1 unspecified atom stereocenters.